The van der Waals surface area contributed by atoms with Crippen molar-refractivity contribution in [2.75, 3.05) is 39.4 Å². The van der Waals surface area contributed by atoms with Crippen molar-refractivity contribution in [3.05, 3.63) is 23.1 Å². The van der Waals surface area contributed by atoms with Crippen LogP contribution >= 0.6 is 11.6 Å². The molecule has 2 rings (SSSR count). The van der Waals surface area contributed by atoms with Crippen LogP contribution in [-0.2, 0) is 4.74 Å². The number of ether oxygens (including phenoxy) is 1. The number of nitrogens with one attached hydrogen (secondary N) is 1. The van der Waals surface area contributed by atoms with Gasteiger partial charge in [0, 0.05) is 32.8 Å². The molecule has 0 bridgehead atoms. The summed E-state index contributed by atoms with van der Waals surface area (Å²) in [7, 11) is 0. The molecule has 0 spiro atoms. The van der Waals surface area contributed by atoms with E-state index in [0.717, 1.165) is 39.3 Å². The summed E-state index contributed by atoms with van der Waals surface area (Å²) < 4.78 is 10.2. The minimum atomic E-state index is -0.195. The second kappa shape index (κ2) is 6.78. The van der Waals surface area contributed by atoms with Gasteiger partial charge in [-0.15, -0.1) is 0 Å². The number of hydrogen-bond acceptors (Lipinski definition) is 4. The lowest BCUT2D eigenvalue weighted by atomic mass is 10.3. The van der Waals surface area contributed by atoms with E-state index in [0.29, 0.717) is 12.1 Å². The Morgan fingerprint density at radius 2 is 2.33 bits per heavy atom. The number of furan rings is 1. The van der Waals surface area contributed by atoms with Gasteiger partial charge in [-0.1, -0.05) is 0 Å². The summed E-state index contributed by atoms with van der Waals surface area (Å²) in [4.78, 5) is 14.0. The zero-order valence-electron chi connectivity index (χ0n) is 10.2. The SMILES string of the molecule is O=C(NCCN1CCCOCC1)c1ccoc1Cl. The van der Waals surface area contributed by atoms with Crippen molar-refractivity contribution >= 4 is 17.5 Å². The second-order valence-corrected chi connectivity index (χ2v) is 4.51. The number of carbonyl (C=O) groups is 1. The predicted octanol–water partition coefficient (Wildman–Crippen LogP) is 1.39. The third-order valence-corrected chi connectivity index (χ3v) is 3.18. The van der Waals surface area contributed by atoms with Crippen molar-refractivity contribution in [2.45, 2.75) is 6.42 Å². The number of halogens is 1. The van der Waals surface area contributed by atoms with Crippen LogP contribution in [0.1, 0.15) is 16.8 Å². The van der Waals surface area contributed by atoms with Crippen LogP contribution in [0.15, 0.2) is 16.7 Å². The normalized spacial score (nSPS) is 17.4. The zero-order valence-corrected chi connectivity index (χ0v) is 10.9. The maximum Gasteiger partial charge on any atom is 0.256 e. The van der Waals surface area contributed by atoms with Crippen LogP contribution < -0.4 is 5.32 Å². The number of carbonyl (C=O) groups excluding carboxylic acids is 1. The molecule has 2 heterocycles. The maximum atomic E-state index is 11.7. The molecule has 1 amide bonds. The Morgan fingerprint density at radius 3 is 3.11 bits per heavy atom. The molecule has 1 aromatic rings. The Balaban J connectivity index is 1.71. The minimum absolute atomic E-state index is 0.135. The molecule has 6 heteroatoms. The first-order valence-electron chi connectivity index (χ1n) is 6.08. The highest BCUT2D eigenvalue weighted by Crippen LogP contribution is 2.15. The molecule has 1 aromatic heterocycles. The predicted molar refractivity (Wildman–Crippen MR) is 67.9 cm³/mol. The highest BCUT2D eigenvalue weighted by molar-refractivity contribution is 6.32. The fourth-order valence-corrected chi connectivity index (χ4v) is 2.10. The van der Waals surface area contributed by atoms with Crippen LogP contribution in [0.3, 0.4) is 0 Å². The first-order valence-corrected chi connectivity index (χ1v) is 6.46. The van der Waals surface area contributed by atoms with Crippen LogP contribution in [0.4, 0.5) is 0 Å². The third kappa shape index (κ3) is 3.73. The van der Waals surface area contributed by atoms with E-state index in [2.05, 4.69) is 10.2 Å². The lowest BCUT2D eigenvalue weighted by Gasteiger charge is -2.18. The van der Waals surface area contributed by atoms with E-state index in [4.69, 9.17) is 20.8 Å². The van der Waals surface area contributed by atoms with E-state index >= 15 is 0 Å². The van der Waals surface area contributed by atoms with Gasteiger partial charge < -0.3 is 14.5 Å². The van der Waals surface area contributed by atoms with Crippen LogP contribution in [0.25, 0.3) is 0 Å². The average molecular weight is 273 g/mol. The molecule has 5 nitrogen and oxygen atoms in total. The Bertz CT molecular complexity index is 386. The van der Waals surface area contributed by atoms with E-state index in [1.807, 2.05) is 0 Å². The molecule has 0 atom stereocenters. The van der Waals surface area contributed by atoms with Crippen LogP contribution in [0, 0.1) is 0 Å². The number of nitrogens with zero attached hydrogens (tertiary/aromatic N) is 1. The van der Waals surface area contributed by atoms with Crippen LogP contribution in [0.5, 0.6) is 0 Å². The van der Waals surface area contributed by atoms with Gasteiger partial charge >= 0.3 is 0 Å². The fraction of sp³-hybridized carbons (Fsp3) is 0.583. The van der Waals surface area contributed by atoms with Crippen LogP contribution in [-0.4, -0.2) is 50.2 Å². The van der Waals surface area contributed by atoms with Gasteiger partial charge in [0.1, 0.15) is 0 Å². The van der Waals surface area contributed by atoms with Gasteiger partial charge in [0.25, 0.3) is 5.91 Å². The standard InChI is InChI=1S/C12H17ClN2O3/c13-11-10(2-8-18-11)12(16)14-3-5-15-4-1-7-17-9-6-15/h2,8H,1,3-7,9H2,(H,14,16). The van der Waals surface area contributed by atoms with Gasteiger partial charge in [0.2, 0.25) is 5.22 Å². The molecule has 0 radical (unpaired) electrons. The third-order valence-electron chi connectivity index (χ3n) is 2.89. The Hall–Kier alpha value is -1.04. The molecular weight excluding hydrogens is 256 g/mol. The topological polar surface area (TPSA) is 54.7 Å². The quantitative estimate of drug-likeness (QED) is 0.900. The molecule has 1 aliphatic rings. The number of amides is 1. The first-order chi connectivity index (χ1) is 8.77. The molecule has 18 heavy (non-hydrogen) atoms. The molecule has 0 aromatic carbocycles. The van der Waals surface area contributed by atoms with Gasteiger partial charge in [-0.25, -0.2) is 0 Å². The van der Waals surface area contributed by atoms with Crippen molar-refractivity contribution in [1.29, 1.82) is 0 Å². The smallest absolute Gasteiger partial charge is 0.256 e. The van der Waals surface area contributed by atoms with E-state index in [1.54, 1.807) is 6.07 Å². The summed E-state index contributed by atoms with van der Waals surface area (Å²) in [5.41, 5.74) is 0.385. The zero-order chi connectivity index (χ0) is 12.8. The molecule has 1 saturated heterocycles. The maximum absolute atomic E-state index is 11.7. The molecule has 1 fully saturated rings. The van der Waals surface area contributed by atoms with E-state index in [1.165, 1.54) is 6.26 Å². The molecule has 0 aliphatic carbocycles. The number of hydrogen-bond donors (Lipinski definition) is 1. The van der Waals surface area contributed by atoms with Crippen LogP contribution in [0.2, 0.25) is 5.22 Å². The summed E-state index contributed by atoms with van der Waals surface area (Å²) in [6.45, 7) is 4.95. The summed E-state index contributed by atoms with van der Waals surface area (Å²) in [5.74, 6) is -0.195. The summed E-state index contributed by atoms with van der Waals surface area (Å²) in [6, 6.07) is 1.57. The highest BCUT2D eigenvalue weighted by atomic mass is 35.5. The number of rotatable bonds is 4. The van der Waals surface area contributed by atoms with E-state index < -0.39 is 0 Å². The lowest BCUT2D eigenvalue weighted by molar-refractivity contribution is 0.0947. The van der Waals surface area contributed by atoms with Crippen molar-refractivity contribution in [1.82, 2.24) is 10.2 Å². The molecule has 0 unspecified atom stereocenters. The molecule has 1 aliphatic heterocycles. The molecular formula is C12H17ClN2O3. The Morgan fingerprint density at radius 1 is 1.44 bits per heavy atom. The fourth-order valence-electron chi connectivity index (χ4n) is 1.90. The Kier molecular flexibility index (Phi) is 5.04. The molecule has 0 saturated carbocycles. The first kappa shape index (κ1) is 13.4. The summed E-state index contributed by atoms with van der Waals surface area (Å²) in [6.07, 6.45) is 2.45. The Labute approximate surface area is 111 Å². The van der Waals surface area contributed by atoms with Gasteiger partial charge in [-0.05, 0) is 24.1 Å². The minimum Gasteiger partial charge on any atom is -0.452 e. The summed E-state index contributed by atoms with van der Waals surface area (Å²) in [5, 5.41) is 2.96. The molecule has 1 N–H and O–H groups in total. The second-order valence-electron chi connectivity index (χ2n) is 4.17. The summed E-state index contributed by atoms with van der Waals surface area (Å²) >= 11 is 5.73. The lowest BCUT2D eigenvalue weighted by Crippen LogP contribution is -2.36. The van der Waals surface area contributed by atoms with Gasteiger partial charge in [-0.2, -0.15) is 0 Å². The van der Waals surface area contributed by atoms with Gasteiger partial charge in [-0.3, -0.25) is 9.69 Å². The molecule has 100 valence electrons. The van der Waals surface area contributed by atoms with E-state index in [9.17, 15) is 4.79 Å². The monoisotopic (exact) mass is 272 g/mol. The average Bonchev–Trinajstić information content (AvgIpc) is 2.63. The van der Waals surface area contributed by atoms with Gasteiger partial charge in [0.15, 0.2) is 0 Å². The van der Waals surface area contributed by atoms with Gasteiger partial charge in [0.05, 0.1) is 18.4 Å². The van der Waals surface area contributed by atoms with Crippen molar-refractivity contribution in [3.63, 3.8) is 0 Å². The highest BCUT2D eigenvalue weighted by Gasteiger charge is 2.13. The van der Waals surface area contributed by atoms with E-state index in [-0.39, 0.29) is 11.1 Å². The van der Waals surface area contributed by atoms with Crippen molar-refractivity contribution in [3.8, 4) is 0 Å². The largest absolute Gasteiger partial charge is 0.452 e. The van der Waals surface area contributed by atoms with Crippen molar-refractivity contribution in [2.24, 2.45) is 0 Å². The van der Waals surface area contributed by atoms with Crippen molar-refractivity contribution < 1.29 is 13.9 Å².